The highest BCUT2D eigenvalue weighted by Crippen LogP contribution is 2.21. The number of nitrogen functional groups attached to an aromatic ring is 1. The van der Waals surface area contributed by atoms with Gasteiger partial charge in [0.1, 0.15) is 5.82 Å². The van der Waals surface area contributed by atoms with E-state index in [0.29, 0.717) is 10.0 Å². The summed E-state index contributed by atoms with van der Waals surface area (Å²) in [6.45, 7) is 0. The van der Waals surface area contributed by atoms with Crippen molar-refractivity contribution in [3.63, 3.8) is 0 Å². The van der Waals surface area contributed by atoms with Crippen LogP contribution in [0.3, 0.4) is 0 Å². The van der Waals surface area contributed by atoms with Crippen LogP contribution < -0.4 is 11.1 Å². The fraction of sp³-hybridized carbons (Fsp3) is 0. The smallest absolute Gasteiger partial charge is 0.255 e. The van der Waals surface area contributed by atoms with E-state index in [1.165, 1.54) is 30.3 Å². The quantitative estimate of drug-likeness (QED) is 0.824. The Morgan fingerprint density at radius 2 is 1.68 bits per heavy atom. The Balaban J connectivity index is 2.25. The van der Waals surface area contributed by atoms with E-state index < -0.39 is 11.7 Å². The number of benzene rings is 2. The highest BCUT2D eigenvalue weighted by Gasteiger charge is 2.09. The molecule has 0 fully saturated rings. The molecule has 0 saturated heterocycles. The molecule has 0 radical (unpaired) electrons. The van der Waals surface area contributed by atoms with Gasteiger partial charge in [0.25, 0.3) is 5.91 Å². The molecule has 98 valence electrons. The maximum Gasteiger partial charge on any atom is 0.255 e. The number of nitrogens with two attached hydrogens (primary N) is 1. The molecule has 6 heteroatoms. The number of hydrogen-bond acceptors (Lipinski definition) is 2. The summed E-state index contributed by atoms with van der Waals surface area (Å²) in [6, 6.07) is 8.22. The number of halogens is 3. The van der Waals surface area contributed by atoms with Crippen LogP contribution in [0.15, 0.2) is 36.4 Å². The summed E-state index contributed by atoms with van der Waals surface area (Å²) in [5.74, 6) is -0.978. The first-order chi connectivity index (χ1) is 8.94. The number of carbonyl (C=O) groups is 1. The fourth-order valence-corrected chi connectivity index (χ4v) is 2.10. The largest absolute Gasteiger partial charge is 0.399 e. The fourth-order valence-electron chi connectivity index (χ4n) is 1.57. The van der Waals surface area contributed by atoms with Crippen molar-refractivity contribution in [2.45, 2.75) is 0 Å². The molecule has 0 aliphatic carbocycles. The third-order valence-electron chi connectivity index (χ3n) is 2.30. The summed E-state index contributed by atoms with van der Waals surface area (Å²) >= 11 is 11.6. The Morgan fingerprint density at radius 1 is 1.05 bits per heavy atom. The third-order valence-corrected chi connectivity index (χ3v) is 2.74. The monoisotopic (exact) mass is 298 g/mol. The molecule has 0 bridgehead atoms. The van der Waals surface area contributed by atoms with Crippen molar-refractivity contribution in [1.29, 1.82) is 0 Å². The molecule has 3 N–H and O–H groups in total. The molecule has 19 heavy (non-hydrogen) atoms. The number of carbonyl (C=O) groups excluding carboxylic acids is 1. The molecular weight excluding hydrogens is 290 g/mol. The van der Waals surface area contributed by atoms with E-state index in [4.69, 9.17) is 28.9 Å². The zero-order chi connectivity index (χ0) is 14.0. The second-order valence-electron chi connectivity index (χ2n) is 3.89. The first-order valence-electron chi connectivity index (χ1n) is 5.27. The SMILES string of the molecule is Nc1cc(F)cc(NC(=O)c2cc(Cl)cc(Cl)c2)c1. The summed E-state index contributed by atoms with van der Waals surface area (Å²) in [5.41, 5.74) is 6.25. The Bertz CT molecular complexity index is 606. The van der Waals surface area contributed by atoms with Gasteiger partial charge in [0, 0.05) is 27.0 Å². The average Bonchev–Trinajstić information content (AvgIpc) is 2.25. The van der Waals surface area contributed by atoms with Crippen LogP contribution >= 0.6 is 23.2 Å². The van der Waals surface area contributed by atoms with Crippen LogP contribution in [-0.2, 0) is 0 Å². The van der Waals surface area contributed by atoms with Crippen molar-refractivity contribution in [2.75, 3.05) is 11.1 Å². The number of amides is 1. The van der Waals surface area contributed by atoms with Crippen LogP contribution in [0.1, 0.15) is 10.4 Å². The van der Waals surface area contributed by atoms with Gasteiger partial charge in [0.2, 0.25) is 0 Å². The van der Waals surface area contributed by atoms with Crippen LogP contribution in [0, 0.1) is 5.82 Å². The van der Waals surface area contributed by atoms with Gasteiger partial charge in [-0.25, -0.2) is 4.39 Å². The average molecular weight is 299 g/mol. The third kappa shape index (κ3) is 3.59. The number of nitrogens with one attached hydrogen (secondary N) is 1. The van der Waals surface area contributed by atoms with Gasteiger partial charge in [-0.1, -0.05) is 23.2 Å². The van der Waals surface area contributed by atoms with Crippen LogP contribution in [0.25, 0.3) is 0 Å². The summed E-state index contributed by atoms with van der Waals surface area (Å²) in [7, 11) is 0. The standard InChI is InChI=1S/C13H9Cl2FN2O/c14-8-1-7(2-9(15)3-8)13(19)18-12-5-10(16)4-11(17)6-12/h1-6H,17H2,(H,18,19). The molecule has 0 heterocycles. The van der Waals surface area contributed by atoms with E-state index in [-0.39, 0.29) is 16.9 Å². The molecule has 0 aromatic heterocycles. The normalized spacial score (nSPS) is 10.3. The lowest BCUT2D eigenvalue weighted by molar-refractivity contribution is 0.102. The molecular formula is C13H9Cl2FN2O. The maximum absolute atomic E-state index is 13.1. The van der Waals surface area contributed by atoms with Gasteiger partial charge in [0.05, 0.1) is 0 Å². The summed E-state index contributed by atoms with van der Waals surface area (Å²) in [6.07, 6.45) is 0. The first kappa shape index (κ1) is 13.6. The lowest BCUT2D eigenvalue weighted by Crippen LogP contribution is -2.12. The molecule has 0 aliphatic heterocycles. The summed E-state index contributed by atoms with van der Waals surface area (Å²) in [4.78, 5) is 11.9. The Morgan fingerprint density at radius 3 is 2.26 bits per heavy atom. The second kappa shape index (κ2) is 5.47. The van der Waals surface area contributed by atoms with Gasteiger partial charge in [-0.2, -0.15) is 0 Å². The zero-order valence-electron chi connectivity index (χ0n) is 9.58. The molecule has 0 unspecified atom stereocenters. The van der Waals surface area contributed by atoms with Gasteiger partial charge >= 0.3 is 0 Å². The topological polar surface area (TPSA) is 55.1 Å². The lowest BCUT2D eigenvalue weighted by Gasteiger charge is -2.07. The van der Waals surface area contributed by atoms with Crippen LogP contribution in [0.2, 0.25) is 10.0 Å². The highest BCUT2D eigenvalue weighted by molar-refractivity contribution is 6.35. The summed E-state index contributed by atoms with van der Waals surface area (Å²) in [5, 5.41) is 3.21. The minimum atomic E-state index is -0.528. The molecule has 3 nitrogen and oxygen atoms in total. The van der Waals surface area contributed by atoms with Gasteiger partial charge < -0.3 is 11.1 Å². The number of anilines is 2. The summed E-state index contributed by atoms with van der Waals surface area (Å²) < 4.78 is 13.1. The zero-order valence-corrected chi connectivity index (χ0v) is 11.1. The molecule has 2 aromatic rings. The second-order valence-corrected chi connectivity index (χ2v) is 4.76. The Labute approximate surface area is 119 Å². The van der Waals surface area contributed by atoms with E-state index in [2.05, 4.69) is 5.32 Å². The van der Waals surface area contributed by atoms with Gasteiger partial charge in [0.15, 0.2) is 0 Å². The predicted octanol–water partition coefficient (Wildman–Crippen LogP) is 3.97. The van der Waals surface area contributed by atoms with E-state index in [1.807, 2.05) is 0 Å². The highest BCUT2D eigenvalue weighted by atomic mass is 35.5. The molecule has 0 saturated carbocycles. The lowest BCUT2D eigenvalue weighted by atomic mass is 10.2. The van der Waals surface area contributed by atoms with E-state index in [1.54, 1.807) is 0 Å². The molecule has 1 amide bonds. The van der Waals surface area contributed by atoms with Gasteiger partial charge in [-0.05, 0) is 36.4 Å². The van der Waals surface area contributed by atoms with Crippen molar-refractivity contribution in [1.82, 2.24) is 0 Å². The van der Waals surface area contributed by atoms with Gasteiger partial charge in [-0.3, -0.25) is 4.79 Å². The molecule has 0 atom stereocenters. The Hall–Kier alpha value is -1.78. The number of rotatable bonds is 2. The number of hydrogen-bond donors (Lipinski definition) is 2. The van der Waals surface area contributed by atoms with Crippen LogP contribution in [0.5, 0.6) is 0 Å². The van der Waals surface area contributed by atoms with E-state index >= 15 is 0 Å². The molecule has 2 aromatic carbocycles. The first-order valence-corrected chi connectivity index (χ1v) is 6.03. The predicted molar refractivity (Wildman–Crippen MR) is 75.2 cm³/mol. The van der Waals surface area contributed by atoms with E-state index in [9.17, 15) is 9.18 Å². The van der Waals surface area contributed by atoms with Crippen LogP contribution in [0.4, 0.5) is 15.8 Å². The molecule has 2 rings (SSSR count). The van der Waals surface area contributed by atoms with Crippen molar-refractivity contribution >= 4 is 40.5 Å². The molecule has 0 spiro atoms. The van der Waals surface area contributed by atoms with Crippen molar-refractivity contribution < 1.29 is 9.18 Å². The Kier molecular flexibility index (Phi) is 3.93. The minimum Gasteiger partial charge on any atom is -0.399 e. The van der Waals surface area contributed by atoms with E-state index in [0.717, 1.165) is 6.07 Å². The maximum atomic E-state index is 13.1. The van der Waals surface area contributed by atoms with Crippen molar-refractivity contribution in [3.05, 3.63) is 57.8 Å². The van der Waals surface area contributed by atoms with Crippen LogP contribution in [-0.4, -0.2) is 5.91 Å². The minimum absolute atomic E-state index is 0.222. The van der Waals surface area contributed by atoms with Crippen molar-refractivity contribution in [2.24, 2.45) is 0 Å². The van der Waals surface area contributed by atoms with Crippen molar-refractivity contribution in [3.8, 4) is 0 Å². The van der Waals surface area contributed by atoms with Gasteiger partial charge in [-0.15, -0.1) is 0 Å². The molecule has 0 aliphatic rings.